The predicted octanol–water partition coefficient (Wildman–Crippen LogP) is 2.52. The summed E-state index contributed by atoms with van der Waals surface area (Å²) in [6, 6.07) is 9.82. The summed E-state index contributed by atoms with van der Waals surface area (Å²) in [4.78, 5) is 0. The molecule has 0 aliphatic rings. The van der Waals surface area contributed by atoms with Gasteiger partial charge in [0.15, 0.2) is 0 Å². The molecule has 0 aromatic heterocycles. The van der Waals surface area contributed by atoms with Crippen LogP contribution in [0.5, 0.6) is 0 Å². The first kappa shape index (κ1) is 12.5. The topological polar surface area (TPSA) is 29.5 Å². The third-order valence-corrected chi connectivity index (χ3v) is 2.38. The van der Waals surface area contributed by atoms with Gasteiger partial charge in [0.2, 0.25) is 0 Å². The maximum absolute atomic E-state index is 9.41. The molecule has 0 amide bonds. The van der Waals surface area contributed by atoms with Gasteiger partial charge in [0, 0.05) is 11.9 Å². The summed E-state index contributed by atoms with van der Waals surface area (Å²) in [6.07, 6.45) is 2.75. The smallest absolute Gasteiger partial charge is 0.423 e. The molecular weight excluding hydrogens is 255 g/mol. The van der Waals surface area contributed by atoms with E-state index in [9.17, 15) is 5.02 Å². The van der Waals surface area contributed by atoms with E-state index in [-0.39, 0.29) is 0 Å². The quantitative estimate of drug-likeness (QED) is 0.488. The van der Waals surface area contributed by atoms with Crippen LogP contribution in [0.1, 0.15) is 12.0 Å². The second-order valence-corrected chi connectivity index (χ2v) is 3.87. The molecule has 4 heteroatoms. The number of alkyl halides is 1. The molecule has 0 radical (unpaired) electrons. The Morgan fingerprint density at radius 3 is 2.73 bits per heavy atom. The first-order chi connectivity index (χ1) is 7.33. The van der Waals surface area contributed by atoms with Crippen LogP contribution in [-0.4, -0.2) is 24.1 Å². The van der Waals surface area contributed by atoms with E-state index in [1.54, 1.807) is 5.98 Å². The predicted molar refractivity (Wildman–Crippen MR) is 67.8 cm³/mol. The second kappa shape index (κ2) is 7.68. The van der Waals surface area contributed by atoms with Crippen LogP contribution in [0, 0.1) is 0 Å². The van der Waals surface area contributed by atoms with Crippen molar-refractivity contribution in [2.24, 2.45) is 0 Å². The van der Waals surface area contributed by atoms with Crippen molar-refractivity contribution in [3.63, 3.8) is 0 Å². The SMILES string of the molecule is OB(/C=C/c1ccccc1)OCCCBr. The van der Waals surface area contributed by atoms with Crippen LogP contribution < -0.4 is 0 Å². The average molecular weight is 269 g/mol. The molecule has 1 N–H and O–H groups in total. The van der Waals surface area contributed by atoms with Crippen molar-refractivity contribution in [3.8, 4) is 0 Å². The van der Waals surface area contributed by atoms with Crippen LogP contribution in [0.25, 0.3) is 6.08 Å². The van der Waals surface area contributed by atoms with E-state index < -0.39 is 7.12 Å². The fraction of sp³-hybridized carbons (Fsp3) is 0.273. The van der Waals surface area contributed by atoms with Gasteiger partial charge in [0.1, 0.15) is 0 Å². The molecule has 15 heavy (non-hydrogen) atoms. The Kier molecular flexibility index (Phi) is 6.40. The minimum Gasteiger partial charge on any atom is -0.423 e. The Morgan fingerprint density at radius 1 is 1.33 bits per heavy atom. The number of halogens is 1. The third-order valence-electron chi connectivity index (χ3n) is 1.82. The minimum absolute atomic E-state index is 0.561. The summed E-state index contributed by atoms with van der Waals surface area (Å²) in [5.74, 6) is 1.64. The number of hydrogen-bond acceptors (Lipinski definition) is 2. The Bertz CT molecular complexity index is 290. The summed E-state index contributed by atoms with van der Waals surface area (Å²) in [5, 5.41) is 10.3. The second-order valence-electron chi connectivity index (χ2n) is 3.07. The molecule has 0 heterocycles. The van der Waals surface area contributed by atoms with Crippen LogP contribution in [0.2, 0.25) is 0 Å². The van der Waals surface area contributed by atoms with Gasteiger partial charge in [-0.15, -0.1) is 0 Å². The molecule has 0 saturated heterocycles. The molecule has 0 atom stereocenters. The zero-order valence-electron chi connectivity index (χ0n) is 8.47. The van der Waals surface area contributed by atoms with Gasteiger partial charge in [-0.2, -0.15) is 0 Å². The molecule has 0 bridgehead atoms. The van der Waals surface area contributed by atoms with Gasteiger partial charge in [0.25, 0.3) is 0 Å². The van der Waals surface area contributed by atoms with Crippen molar-refractivity contribution in [2.75, 3.05) is 11.9 Å². The van der Waals surface area contributed by atoms with Crippen molar-refractivity contribution in [1.82, 2.24) is 0 Å². The van der Waals surface area contributed by atoms with E-state index in [0.717, 1.165) is 17.3 Å². The van der Waals surface area contributed by atoms with E-state index in [1.165, 1.54) is 0 Å². The van der Waals surface area contributed by atoms with Crippen molar-refractivity contribution in [1.29, 1.82) is 0 Å². The van der Waals surface area contributed by atoms with Crippen LogP contribution in [0.4, 0.5) is 0 Å². The van der Waals surface area contributed by atoms with Gasteiger partial charge in [-0.05, 0) is 12.0 Å². The molecule has 0 saturated carbocycles. The maximum atomic E-state index is 9.41. The lowest BCUT2D eigenvalue weighted by Gasteiger charge is -2.02. The molecule has 2 nitrogen and oxygen atoms in total. The lowest BCUT2D eigenvalue weighted by Crippen LogP contribution is -2.15. The molecule has 80 valence electrons. The highest BCUT2D eigenvalue weighted by atomic mass is 79.9. The summed E-state index contributed by atoms with van der Waals surface area (Å²) in [5.41, 5.74) is 1.06. The number of benzene rings is 1. The highest BCUT2D eigenvalue weighted by Gasteiger charge is 2.06. The monoisotopic (exact) mass is 268 g/mol. The largest absolute Gasteiger partial charge is 0.483 e. The summed E-state index contributed by atoms with van der Waals surface area (Å²) in [6.45, 7) is 0.561. The van der Waals surface area contributed by atoms with E-state index in [4.69, 9.17) is 4.65 Å². The Hall–Kier alpha value is -0.575. The van der Waals surface area contributed by atoms with Crippen molar-refractivity contribution in [3.05, 3.63) is 41.9 Å². The third kappa shape index (κ3) is 5.77. The normalized spacial score (nSPS) is 10.8. The standard InChI is InChI=1S/C11H14BBrO2/c13-9-4-10-15-12(14)8-7-11-5-2-1-3-6-11/h1-3,5-8,14H,4,9-10H2/b8-7+. The Morgan fingerprint density at radius 2 is 2.07 bits per heavy atom. The Labute approximate surface area is 99.2 Å². The summed E-state index contributed by atoms with van der Waals surface area (Å²) in [7, 11) is -0.816. The molecule has 0 aliphatic heterocycles. The zero-order chi connectivity index (χ0) is 10.9. The molecule has 0 unspecified atom stereocenters. The number of hydrogen-bond donors (Lipinski definition) is 1. The fourth-order valence-corrected chi connectivity index (χ4v) is 1.30. The van der Waals surface area contributed by atoms with E-state index in [1.807, 2.05) is 36.4 Å². The van der Waals surface area contributed by atoms with Crippen molar-refractivity contribution >= 4 is 29.1 Å². The summed E-state index contributed by atoms with van der Waals surface area (Å²) >= 11 is 3.30. The van der Waals surface area contributed by atoms with Crippen LogP contribution in [0.3, 0.4) is 0 Å². The van der Waals surface area contributed by atoms with Gasteiger partial charge in [-0.1, -0.05) is 58.3 Å². The molecule has 1 aromatic carbocycles. The Balaban J connectivity index is 2.31. The highest BCUT2D eigenvalue weighted by Crippen LogP contribution is 2.01. The fourth-order valence-electron chi connectivity index (χ4n) is 1.07. The first-order valence-corrected chi connectivity index (χ1v) is 6.04. The molecule has 0 aliphatic carbocycles. The lowest BCUT2D eigenvalue weighted by atomic mass is 9.89. The summed E-state index contributed by atoms with van der Waals surface area (Å²) < 4.78 is 5.14. The molecular formula is C11H14BBrO2. The van der Waals surface area contributed by atoms with Crippen LogP contribution >= 0.6 is 15.9 Å². The highest BCUT2D eigenvalue weighted by molar-refractivity contribution is 9.09. The lowest BCUT2D eigenvalue weighted by molar-refractivity contribution is 0.270. The maximum Gasteiger partial charge on any atom is 0.483 e. The molecule has 1 aromatic rings. The minimum atomic E-state index is -0.816. The average Bonchev–Trinajstić information content (AvgIpc) is 2.28. The van der Waals surface area contributed by atoms with E-state index in [0.29, 0.717) is 6.61 Å². The first-order valence-electron chi connectivity index (χ1n) is 4.92. The molecule has 0 fully saturated rings. The van der Waals surface area contributed by atoms with Gasteiger partial charge in [-0.25, -0.2) is 0 Å². The van der Waals surface area contributed by atoms with Crippen molar-refractivity contribution in [2.45, 2.75) is 6.42 Å². The zero-order valence-corrected chi connectivity index (χ0v) is 10.1. The van der Waals surface area contributed by atoms with Gasteiger partial charge >= 0.3 is 7.12 Å². The van der Waals surface area contributed by atoms with Crippen LogP contribution in [-0.2, 0) is 4.65 Å². The number of rotatable bonds is 6. The van der Waals surface area contributed by atoms with Crippen molar-refractivity contribution < 1.29 is 9.68 Å². The molecule has 1 rings (SSSR count). The molecule has 0 spiro atoms. The van der Waals surface area contributed by atoms with E-state index >= 15 is 0 Å². The van der Waals surface area contributed by atoms with Crippen LogP contribution in [0.15, 0.2) is 36.3 Å². The van der Waals surface area contributed by atoms with Gasteiger partial charge < -0.3 is 9.68 Å². The van der Waals surface area contributed by atoms with E-state index in [2.05, 4.69) is 15.9 Å². The van der Waals surface area contributed by atoms with Gasteiger partial charge in [-0.3, -0.25) is 0 Å². The van der Waals surface area contributed by atoms with Gasteiger partial charge in [0.05, 0.1) is 0 Å².